The van der Waals surface area contributed by atoms with Gasteiger partial charge in [0.2, 0.25) is 0 Å². The standard InChI is InChI=1S/C20H25N7O.HI/c1-21-20(22-13-19-25-24-18-9-5-6-11-27(18)19)23-15-10-12-26(14-15)16-7-3-4-8-17(16)28-2;/h3-9,11,15H,10,12-14H2,1-2H3,(H2,21,22,23);1H. The van der Waals surface area contributed by atoms with E-state index in [1.807, 2.05) is 47.0 Å². The Bertz CT molecular complexity index is 974. The molecule has 1 saturated heterocycles. The number of methoxy groups -OCH3 is 1. The molecule has 9 heteroatoms. The SMILES string of the molecule is CN=C(NCc1nnc2ccccn12)NC1CCN(c2ccccc2OC)C1.I. The molecule has 0 radical (unpaired) electrons. The third-order valence-electron chi connectivity index (χ3n) is 4.98. The molecular weight excluding hydrogens is 481 g/mol. The summed E-state index contributed by atoms with van der Waals surface area (Å²) in [5, 5.41) is 15.3. The van der Waals surface area contributed by atoms with Gasteiger partial charge in [-0.15, -0.1) is 34.2 Å². The number of ether oxygens (including phenoxy) is 1. The number of nitrogens with one attached hydrogen (secondary N) is 2. The van der Waals surface area contributed by atoms with E-state index in [1.54, 1.807) is 14.2 Å². The third-order valence-corrected chi connectivity index (χ3v) is 4.98. The number of anilines is 1. The number of guanidine groups is 1. The van der Waals surface area contributed by atoms with Crippen LogP contribution in [0.15, 0.2) is 53.7 Å². The average Bonchev–Trinajstić information content (AvgIpc) is 3.38. The van der Waals surface area contributed by atoms with Gasteiger partial charge in [-0.1, -0.05) is 18.2 Å². The Labute approximate surface area is 187 Å². The number of hydrogen-bond acceptors (Lipinski definition) is 5. The second kappa shape index (κ2) is 9.77. The summed E-state index contributed by atoms with van der Waals surface area (Å²) >= 11 is 0. The molecule has 1 fully saturated rings. The molecule has 0 saturated carbocycles. The van der Waals surface area contributed by atoms with E-state index in [-0.39, 0.29) is 24.0 Å². The predicted octanol–water partition coefficient (Wildman–Crippen LogP) is 2.30. The minimum Gasteiger partial charge on any atom is -0.495 e. The van der Waals surface area contributed by atoms with Crippen molar-refractivity contribution in [3.8, 4) is 5.75 Å². The molecule has 154 valence electrons. The van der Waals surface area contributed by atoms with Gasteiger partial charge in [-0.2, -0.15) is 0 Å². The van der Waals surface area contributed by atoms with Crippen LogP contribution < -0.4 is 20.3 Å². The van der Waals surface area contributed by atoms with Crippen molar-refractivity contribution in [2.24, 2.45) is 4.99 Å². The topological polar surface area (TPSA) is 79.1 Å². The minimum atomic E-state index is 0. The van der Waals surface area contributed by atoms with Gasteiger partial charge in [-0.05, 0) is 30.7 Å². The molecule has 3 heterocycles. The Hall–Kier alpha value is -2.56. The maximum absolute atomic E-state index is 5.50. The van der Waals surface area contributed by atoms with Crippen molar-refractivity contribution < 1.29 is 4.74 Å². The molecule has 0 amide bonds. The maximum atomic E-state index is 5.50. The monoisotopic (exact) mass is 507 g/mol. The quantitative estimate of drug-likeness (QED) is 0.314. The summed E-state index contributed by atoms with van der Waals surface area (Å²) in [5.74, 6) is 2.52. The number of nitrogens with zero attached hydrogens (tertiary/aromatic N) is 5. The van der Waals surface area contributed by atoms with E-state index in [2.05, 4.69) is 36.8 Å². The van der Waals surface area contributed by atoms with E-state index in [9.17, 15) is 0 Å². The smallest absolute Gasteiger partial charge is 0.191 e. The maximum Gasteiger partial charge on any atom is 0.191 e. The van der Waals surface area contributed by atoms with Crippen LogP contribution >= 0.6 is 24.0 Å². The van der Waals surface area contributed by atoms with Crippen LogP contribution in [0.3, 0.4) is 0 Å². The van der Waals surface area contributed by atoms with Gasteiger partial charge in [-0.3, -0.25) is 9.39 Å². The second-order valence-corrected chi connectivity index (χ2v) is 6.72. The average molecular weight is 507 g/mol. The number of pyridine rings is 1. The highest BCUT2D eigenvalue weighted by Crippen LogP contribution is 2.30. The van der Waals surface area contributed by atoms with E-state index in [0.29, 0.717) is 12.6 Å². The normalized spacial score (nSPS) is 16.6. The highest BCUT2D eigenvalue weighted by Gasteiger charge is 2.25. The highest BCUT2D eigenvalue weighted by atomic mass is 127. The van der Waals surface area contributed by atoms with E-state index in [4.69, 9.17) is 4.74 Å². The van der Waals surface area contributed by atoms with Crippen molar-refractivity contribution in [2.45, 2.75) is 19.0 Å². The zero-order valence-corrected chi connectivity index (χ0v) is 18.9. The molecule has 1 aromatic carbocycles. The molecule has 4 rings (SSSR count). The first kappa shape index (κ1) is 21.2. The van der Waals surface area contributed by atoms with Crippen LogP contribution in [0.4, 0.5) is 5.69 Å². The third kappa shape index (κ3) is 4.72. The molecular formula is C20H26IN7O. The van der Waals surface area contributed by atoms with Crippen molar-refractivity contribution >= 4 is 41.3 Å². The number of fused-ring (bicyclic) bond motifs is 1. The second-order valence-electron chi connectivity index (χ2n) is 6.72. The molecule has 8 nitrogen and oxygen atoms in total. The fraction of sp³-hybridized carbons (Fsp3) is 0.350. The number of benzene rings is 1. The van der Waals surface area contributed by atoms with Crippen molar-refractivity contribution in [2.75, 3.05) is 32.1 Å². The molecule has 3 aromatic rings. The van der Waals surface area contributed by atoms with Crippen LogP contribution in [0, 0.1) is 0 Å². The minimum absolute atomic E-state index is 0. The number of rotatable bonds is 5. The first-order chi connectivity index (χ1) is 13.8. The highest BCUT2D eigenvalue weighted by molar-refractivity contribution is 14.0. The lowest BCUT2D eigenvalue weighted by molar-refractivity contribution is 0.415. The van der Waals surface area contributed by atoms with Gasteiger partial charge in [0.15, 0.2) is 17.4 Å². The Morgan fingerprint density at radius 1 is 1.21 bits per heavy atom. The molecule has 0 bridgehead atoms. The molecule has 1 aliphatic rings. The largest absolute Gasteiger partial charge is 0.495 e. The summed E-state index contributed by atoms with van der Waals surface area (Å²) in [7, 11) is 3.49. The molecule has 1 unspecified atom stereocenters. The Morgan fingerprint density at radius 3 is 2.86 bits per heavy atom. The molecule has 2 N–H and O–H groups in total. The number of aliphatic imine (C=N–C) groups is 1. The van der Waals surface area contributed by atoms with Gasteiger partial charge in [0.1, 0.15) is 5.75 Å². The summed E-state index contributed by atoms with van der Waals surface area (Å²) in [6.07, 6.45) is 3.00. The van der Waals surface area contributed by atoms with E-state index in [0.717, 1.165) is 48.4 Å². The fourth-order valence-corrected chi connectivity index (χ4v) is 3.55. The Morgan fingerprint density at radius 2 is 2.03 bits per heavy atom. The molecule has 1 aliphatic heterocycles. The van der Waals surface area contributed by atoms with E-state index in [1.165, 1.54) is 0 Å². The summed E-state index contributed by atoms with van der Waals surface area (Å²) in [5.41, 5.74) is 1.97. The molecule has 2 aromatic heterocycles. The summed E-state index contributed by atoms with van der Waals surface area (Å²) < 4.78 is 7.47. The molecule has 0 aliphatic carbocycles. The Balaban J connectivity index is 0.00000240. The zero-order chi connectivity index (χ0) is 19.3. The van der Waals surface area contributed by atoms with Crippen molar-refractivity contribution in [3.63, 3.8) is 0 Å². The van der Waals surface area contributed by atoms with Crippen LogP contribution in [0.1, 0.15) is 12.2 Å². The van der Waals surface area contributed by atoms with Gasteiger partial charge in [-0.25, -0.2) is 0 Å². The lowest BCUT2D eigenvalue weighted by Crippen LogP contribution is -2.44. The number of hydrogen-bond donors (Lipinski definition) is 2. The first-order valence-electron chi connectivity index (χ1n) is 9.42. The van der Waals surface area contributed by atoms with Gasteiger partial charge in [0, 0.05) is 32.4 Å². The Kier molecular flexibility index (Phi) is 7.13. The van der Waals surface area contributed by atoms with Gasteiger partial charge in [0.25, 0.3) is 0 Å². The summed E-state index contributed by atoms with van der Waals surface area (Å²) in [6.45, 7) is 2.42. The van der Waals surface area contributed by atoms with Crippen LogP contribution in [-0.4, -0.2) is 53.8 Å². The van der Waals surface area contributed by atoms with E-state index >= 15 is 0 Å². The lowest BCUT2D eigenvalue weighted by Gasteiger charge is -2.22. The molecule has 1 atom stereocenters. The van der Waals surface area contributed by atoms with Gasteiger partial charge in [0.05, 0.1) is 19.3 Å². The van der Waals surface area contributed by atoms with Crippen molar-refractivity contribution in [3.05, 3.63) is 54.5 Å². The first-order valence-corrected chi connectivity index (χ1v) is 9.42. The lowest BCUT2D eigenvalue weighted by atomic mass is 10.2. The van der Waals surface area contributed by atoms with Gasteiger partial charge < -0.3 is 20.3 Å². The van der Waals surface area contributed by atoms with Crippen molar-refractivity contribution in [1.82, 2.24) is 25.2 Å². The summed E-state index contributed by atoms with van der Waals surface area (Å²) in [4.78, 5) is 6.70. The number of aromatic nitrogens is 3. The van der Waals surface area contributed by atoms with Gasteiger partial charge >= 0.3 is 0 Å². The van der Waals surface area contributed by atoms with Crippen LogP contribution in [0.25, 0.3) is 5.65 Å². The van der Waals surface area contributed by atoms with Crippen molar-refractivity contribution in [1.29, 1.82) is 0 Å². The fourth-order valence-electron chi connectivity index (χ4n) is 3.55. The van der Waals surface area contributed by atoms with Crippen LogP contribution in [0.2, 0.25) is 0 Å². The van der Waals surface area contributed by atoms with Crippen LogP contribution in [-0.2, 0) is 6.54 Å². The summed E-state index contributed by atoms with van der Waals surface area (Å²) in [6, 6.07) is 14.3. The number of halogens is 1. The predicted molar refractivity (Wildman–Crippen MR) is 125 cm³/mol. The van der Waals surface area contributed by atoms with E-state index < -0.39 is 0 Å². The number of para-hydroxylation sites is 2. The molecule has 29 heavy (non-hydrogen) atoms. The van der Waals surface area contributed by atoms with Crippen LogP contribution in [0.5, 0.6) is 5.75 Å². The zero-order valence-electron chi connectivity index (χ0n) is 16.6. The molecule has 0 spiro atoms.